The molecule has 0 spiro atoms. The smallest absolute Gasteiger partial charge is 0.288 e. The summed E-state index contributed by atoms with van der Waals surface area (Å²) in [6.45, 7) is 3.92. The van der Waals surface area contributed by atoms with Gasteiger partial charge in [0.15, 0.2) is 0 Å². The molecule has 0 saturated carbocycles. The zero-order valence-electron chi connectivity index (χ0n) is 11.2. The number of hydrogen-bond acceptors (Lipinski definition) is 4. The van der Waals surface area contributed by atoms with E-state index in [1.165, 1.54) is 17.0 Å². The van der Waals surface area contributed by atoms with Crippen LogP contribution in [0.3, 0.4) is 0 Å². The number of nitro benzene ring substituents is 1. The standard InChI is InChI=1S/C13H14ClN3O3/c1-9(2)16(7-3-6-15)13(18)10-4-5-11(14)12(8-10)17(19)20/h4-5,8-9H,3,7H2,1-2H3. The van der Waals surface area contributed by atoms with E-state index in [0.717, 1.165) is 6.07 Å². The second-order valence-electron chi connectivity index (χ2n) is 4.42. The van der Waals surface area contributed by atoms with Crippen molar-refractivity contribution in [2.24, 2.45) is 0 Å². The Kier molecular flexibility index (Phi) is 5.47. The molecule has 0 unspecified atom stereocenters. The first-order valence-corrected chi connectivity index (χ1v) is 6.38. The molecule has 1 aromatic rings. The van der Waals surface area contributed by atoms with Crippen molar-refractivity contribution in [1.82, 2.24) is 4.90 Å². The van der Waals surface area contributed by atoms with Crippen molar-refractivity contribution in [3.63, 3.8) is 0 Å². The molecule has 1 aromatic carbocycles. The molecule has 0 aliphatic rings. The summed E-state index contributed by atoms with van der Waals surface area (Å²) in [5.74, 6) is -0.352. The normalized spacial score (nSPS) is 10.2. The van der Waals surface area contributed by atoms with Crippen molar-refractivity contribution in [3.8, 4) is 6.07 Å². The lowest BCUT2D eigenvalue weighted by Crippen LogP contribution is -2.37. The molecule has 106 valence electrons. The molecule has 0 saturated heterocycles. The van der Waals surface area contributed by atoms with E-state index < -0.39 is 4.92 Å². The summed E-state index contributed by atoms with van der Waals surface area (Å²) < 4.78 is 0. The number of carbonyl (C=O) groups is 1. The van der Waals surface area contributed by atoms with Gasteiger partial charge in [-0.3, -0.25) is 14.9 Å². The van der Waals surface area contributed by atoms with Gasteiger partial charge in [0.25, 0.3) is 11.6 Å². The molecule has 0 aliphatic heterocycles. The summed E-state index contributed by atoms with van der Waals surface area (Å²) in [4.78, 5) is 24.0. The van der Waals surface area contributed by atoms with Crippen LogP contribution in [-0.2, 0) is 0 Å². The maximum absolute atomic E-state index is 12.3. The summed E-state index contributed by atoms with van der Waals surface area (Å²) in [5, 5.41) is 19.4. The van der Waals surface area contributed by atoms with Crippen LogP contribution in [0.1, 0.15) is 30.6 Å². The Morgan fingerprint density at radius 1 is 1.55 bits per heavy atom. The van der Waals surface area contributed by atoms with Gasteiger partial charge < -0.3 is 4.90 Å². The molecule has 0 heterocycles. The molecule has 1 rings (SSSR count). The van der Waals surface area contributed by atoms with Crippen LogP contribution in [0.15, 0.2) is 18.2 Å². The van der Waals surface area contributed by atoms with E-state index in [0.29, 0.717) is 0 Å². The van der Waals surface area contributed by atoms with E-state index in [2.05, 4.69) is 0 Å². The van der Waals surface area contributed by atoms with E-state index in [9.17, 15) is 14.9 Å². The molecule has 1 amide bonds. The summed E-state index contributed by atoms with van der Waals surface area (Å²) in [6, 6.07) is 5.80. The number of nitriles is 1. The lowest BCUT2D eigenvalue weighted by Gasteiger charge is -2.25. The van der Waals surface area contributed by atoms with Crippen LogP contribution in [0.25, 0.3) is 0 Å². The molecule has 7 heteroatoms. The highest BCUT2D eigenvalue weighted by Crippen LogP contribution is 2.26. The van der Waals surface area contributed by atoms with E-state index >= 15 is 0 Å². The summed E-state index contributed by atoms with van der Waals surface area (Å²) >= 11 is 5.71. The van der Waals surface area contributed by atoms with Crippen molar-refractivity contribution < 1.29 is 9.72 Å². The number of halogens is 1. The number of hydrogen-bond donors (Lipinski definition) is 0. The topological polar surface area (TPSA) is 87.2 Å². The van der Waals surface area contributed by atoms with Crippen LogP contribution in [0, 0.1) is 21.4 Å². The Morgan fingerprint density at radius 2 is 2.20 bits per heavy atom. The monoisotopic (exact) mass is 295 g/mol. The van der Waals surface area contributed by atoms with E-state index in [1.54, 1.807) is 0 Å². The van der Waals surface area contributed by atoms with Crippen molar-refractivity contribution in [2.75, 3.05) is 6.54 Å². The third-order valence-electron chi connectivity index (χ3n) is 2.74. The highest BCUT2D eigenvalue weighted by molar-refractivity contribution is 6.32. The van der Waals surface area contributed by atoms with Crippen LogP contribution >= 0.6 is 11.6 Å². The first kappa shape index (κ1) is 15.9. The maximum atomic E-state index is 12.3. The maximum Gasteiger partial charge on any atom is 0.288 e. The Balaban J connectivity index is 3.09. The van der Waals surface area contributed by atoms with E-state index in [4.69, 9.17) is 16.9 Å². The second-order valence-corrected chi connectivity index (χ2v) is 4.83. The highest BCUT2D eigenvalue weighted by Gasteiger charge is 2.22. The molecule has 0 N–H and O–H groups in total. The van der Waals surface area contributed by atoms with Gasteiger partial charge in [-0.2, -0.15) is 5.26 Å². The molecule has 0 aromatic heterocycles. The lowest BCUT2D eigenvalue weighted by atomic mass is 10.1. The lowest BCUT2D eigenvalue weighted by molar-refractivity contribution is -0.384. The third kappa shape index (κ3) is 3.68. The number of carbonyl (C=O) groups excluding carboxylic acids is 1. The highest BCUT2D eigenvalue weighted by atomic mass is 35.5. The van der Waals surface area contributed by atoms with Crippen LogP contribution in [0.4, 0.5) is 5.69 Å². The van der Waals surface area contributed by atoms with Crippen molar-refractivity contribution >= 4 is 23.2 Å². The van der Waals surface area contributed by atoms with E-state index in [1.807, 2.05) is 19.9 Å². The summed E-state index contributed by atoms with van der Waals surface area (Å²) in [6.07, 6.45) is 0.208. The van der Waals surface area contributed by atoms with E-state index in [-0.39, 0.29) is 41.2 Å². The van der Waals surface area contributed by atoms with Gasteiger partial charge in [-0.1, -0.05) is 11.6 Å². The molecule has 0 bridgehead atoms. The number of benzene rings is 1. The van der Waals surface area contributed by atoms with Gasteiger partial charge in [0.2, 0.25) is 0 Å². The summed E-state index contributed by atoms with van der Waals surface area (Å²) in [5.41, 5.74) is -0.116. The average molecular weight is 296 g/mol. The minimum atomic E-state index is -0.631. The fourth-order valence-electron chi connectivity index (χ4n) is 1.72. The van der Waals surface area contributed by atoms with Gasteiger partial charge in [0, 0.05) is 24.2 Å². The molecular weight excluding hydrogens is 282 g/mol. The zero-order chi connectivity index (χ0) is 15.3. The predicted octanol–water partition coefficient (Wildman–Crippen LogP) is 3.01. The van der Waals surface area contributed by atoms with Crippen LogP contribution in [-0.4, -0.2) is 28.3 Å². The molecule has 20 heavy (non-hydrogen) atoms. The van der Waals surface area contributed by atoms with Crippen molar-refractivity contribution in [1.29, 1.82) is 5.26 Å². The van der Waals surface area contributed by atoms with Gasteiger partial charge in [0.05, 0.1) is 17.4 Å². The first-order chi connectivity index (χ1) is 9.38. The minimum Gasteiger partial charge on any atom is -0.335 e. The Hall–Kier alpha value is -2.13. The SMILES string of the molecule is CC(C)N(CCC#N)C(=O)c1ccc(Cl)c([N+](=O)[O-])c1. The quantitative estimate of drug-likeness (QED) is 0.617. The number of nitrogens with zero attached hydrogens (tertiary/aromatic N) is 3. The van der Waals surface area contributed by atoms with Crippen LogP contribution < -0.4 is 0 Å². The van der Waals surface area contributed by atoms with Crippen molar-refractivity contribution in [2.45, 2.75) is 26.3 Å². The molecule has 0 radical (unpaired) electrons. The number of nitro groups is 1. The van der Waals surface area contributed by atoms with Crippen LogP contribution in [0.5, 0.6) is 0 Å². The van der Waals surface area contributed by atoms with Gasteiger partial charge in [-0.05, 0) is 26.0 Å². The van der Waals surface area contributed by atoms with Gasteiger partial charge >= 0.3 is 0 Å². The zero-order valence-corrected chi connectivity index (χ0v) is 11.9. The van der Waals surface area contributed by atoms with Gasteiger partial charge in [-0.25, -0.2) is 0 Å². The van der Waals surface area contributed by atoms with Gasteiger partial charge in [-0.15, -0.1) is 0 Å². The van der Waals surface area contributed by atoms with Crippen LogP contribution in [0.2, 0.25) is 5.02 Å². The summed E-state index contributed by atoms with van der Waals surface area (Å²) in [7, 11) is 0. The predicted molar refractivity (Wildman–Crippen MR) is 74.5 cm³/mol. The second kappa shape index (κ2) is 6.87. The molecule has 6 nitrogen and oxygen atoms in total. The molecule has 0 aliphatic carbocycles. The minimum absolute atomic E-state index is 0.0142. The van der Waals surface area contributed by atoms with Crippen molar-refractivity contribution in [3.05, 3.63) is 38.9 Å². The first-order valence-electron chi connectivity index (χ1n) is 6.00. The number of rotatable bonds is 5. The Labute approximate surface area is 121 Å². The number of amides is 1. The third-order valence-corrected chi connectivity index (χ3v) is 3.06. The Morgan fingerprint density at radius 3 is 2.70 bits per heavy atom. The molecule has 0 fully saturated rings. The Bertz CT molecular complexity index is 566. The largest absolute Gasteiger partial charge is 0.335 e. The fraction of sp³-hybridized carbons (Fsp3) is 0.385. The molecule has 0 atom stereocenters. The molecular formula is C13H14ClN3O3. The average Bonchev–Trinajstić information content (AvgIpc) is 2.38. The van der Waals surface area contributed by atoms with Gasteiger partial charge in [0.1, 0.15) is 5.02 Å². The fourth-order valence-corrected chi connectivity index (χ4v) is 1.90.